The summed E-state index contributed by atoms with van der Waals surface area (Å²) >= 11 is 0. The van der Waals surface area contributed by atoms with E-state index in [1.165, 1.54) is 0 Å². The van der Waals surface area contributed by atoms with Crippen molar-refractivity contribution in [3.63, 3.8) is 0 Å². The largest absolute Gasteiger partial charge is 0.456 e. The zero-order valence-corrected chi connectivity index (χ0v) is 41.5. The minimum absolute atomic E-state index is 0.513. The second-order valence-electron chi connectivity index (χ2n) is 18.1. The second-order valence-corrected chi connectivity index (χ2v) is 20.0. The summed E-state index contributed by atoms with van der Waals surface area (Å²) in [5, 5.41) is 6.28. The molecule has 0 N–H and O–H groups in total. The van der Waals surface area contributed by atoms with Crippen LogP contribution in [0.1, 0.15) is 31.0 Å². The van der Waals surface area contributed by atoms with E-state index < -0.39 is 8.22 Å². The van der Waals surface area contributed by atoms with E-state index in [2.05, 4.69) is 135 Å². The summed E-state index contributed by atoms with van der Waals surface area (Å²) in [6, 6.07) is 59.2. The lowest BCUT2D eigenvalue weighted by Crippen LogP contribution is -2.24. The van der Waals surface area contributed by atoms with E-state index in [9.17, 15) is 0 Å². The number of para-hydroxylation sites is 2. The van der Waals surface area contributed by atoms with Crippen LogP contribution in [0.5, 0.6) is 0 Å². The highest BCUT2D eigenvalue weighted by Gasteiger charge is 2.42. The molecule has 5 aromatic heterocycles. The molecule has 6 heterocycles. The molecule has 354 valence electrons. The normalized spacial score (nSPS) is 14.0. The topological polar surface area (TPSA) is 89.3 Å². The van der Waals surface area contributed by atoms with Crippen LogP contribution in [-0.4, -0.2) is 24.5 Å². The molecule has 0 radical (unpaired) electrons. The lowest BCUT2D eigenvalue weighted by Gasteiger charge is -2.34. The zero-order chi connectivity index (χ0) is 49.9. The maximum Gasteiger partial charge on any atom is 0.238 e. The molecule has 0 fully saturated rings. The summed E-state index contributed by atoms with van der Waals surface area (Å²) in [6.07, 6.45) is 15.4. The Hall–Kier alpha value is -9.43. The van der Waals surface area contributed by atoms with Crippen LogP contribution >= 0.6 is 8.22 Å². The highest BCUT2D eigenvalue weighted by molar-refractivity contribution is 7.70. The lowest BCUT2D eigenvalue weighted by atomic mass is 10.0. The summed E-state index contributed by atoms with van der Waals surface area (Å²) in [5.74, 6) is 2.43. The van der Waals surface area contributed by atoms with Crippen molar-refractivity contribution in [1.29, 1.82) is 0 Å². The number of benzene rings is 7. The first-order valence-electron chi connectivity index (χ1n) is 24.5. The van der Waals surface area contributed by atoms with Gasteiger partial charge in [-0.05, 0) is 91.2 Å². The first-order valence-corrected chi connectivity index (χ1v) is 25.7. The molecule has 0 saturated carbocycles. The molecular weight excluding hydrogens is 930 g/mol. The first-order chi connectivity index (χ1) is 36.5. The molecule has 0 bridgehead atoms. The summed E-state index contributed by atoms with van der Waals surface area (Å²) in [7, 11) is -1.37. The van der Waals surface area contributed by atoms with Gasteiger partial charge in [0.05, 0.1) is 44.7 Å². The molecule has 1 atom stereocenters. The Bertz CT molecular complexity index is 4300. The number of allylic oxidation sites excluding steroid dienone is 6. The Morgan fingerprint density at radius 3 is 2.14 bits per heavy atom. The van der Waals surface area contributed by atoms with Crippen molar-refractivity contribution in [2.24, 2.45) is 0 Å². The summed E-state index contributed by atoms with van der Waals surface area (Å²) in [6.45, 7) is 12.9. The van der Waals surface area contributed by atoms with Gasteiger partial charge in [-0.25, -0.2) is 4.98 Å². The number of pyridine rings is 1. The van der Waals surface area contributed by atoms with Crippen molar-refractivity contribution in [3.05, 3.63) is 243 Å². The van der Waals surface area contributed by atoms with Crippen molar-refractivity contribution >= 4 is 103 Å². The smallest absolute Gasteiger partial charge is 0.238 e. The van der Waals surface area contributed by atoms with Gasteiger partial charge < -0.3 is 8.83 Å². The molecule has 0 aliphatic carbocycles. The van der Waals surface area contributed by atoms with Crippen LogP contribution in [0.25, 0.3) is 101 Å². The van der Waals surface area contributed by atoms with Crippen LogP contribution in [-0.2, 0) is 0 Å². The Morgan fingerprint density at radius 2 is 1.32 bits per heavy atom. The Kier molecular flexibility index (Phi) is 11.0. The van der Waals surface area contributed by atoms with E-state index in [0.717, 1.165) is 116 Å². The van der Waals surface area contributed by atoms with E-state index in [1.807, 2.05) is 117 Å². The molecule has 1 aliphatic rings. The van der Waals surface area contributed by atoms with Gasteiger partial charge >= 0.3 is 0 Å². The molecular formula is C64H46N7O2P. The molecule has 13 rings (SSSR count). The minimum Gasteiger partial charge on any atom is -0.456 e. The Labute approximate surface area is 428 Å². The van der Waals surface area contributed by atoms with Crippen molar-refractivity contribution < 1.29 is 8.83 Å². The van der Waals surface area contributed by atoms with Gasteiger partial charge in [-0.15, -0.1) is 0 Å². The highest BCUT2D eigenvalue weighted by atomic mass is 31.1. The minimum atomic E-state index is -1.37. The van der Waals surface area contributed by atoms with Gasteiger partial charge in [0.1, 0.15) is 30.7 Å². The summed E-state index contributed by atoms with van der Waals surface area (Å²) in [4.78, 5) is 19.9. The second kappa shape index (κ2) is 18.3. The van der Waals surface area contributed by atoms with Crippen LogP contribution < -0.4 is 14.6 Å². The molecule has 12 aromatic rings. The zero-order valence-electron chi connectivity index (χ0n) is 40.6. The van der Waals surface area contributed by atoms with Gasteiger partial charge in [-0.2, -0.15) is 9.97 Å². The number of aromatic nitrogens is 5. The van der Waals surface area contributed by atoms with Gasteiger partial charge in [0, 0.05) is 44.8 Å². The predicted molar refractivity (Wildman–Crippen MR) is 307 cm³/mol. The molecule has 9 nitrogen and oxygen atoms in total. The number of furan rings is 2. The Balaban J connectivity index is 1.03. The van der Waals surface area contributed by atoms with Gasteiger partial charge in [0.25, 0.3) is 0 Å². The number of hydrogen-bond donors (Lipinski definition) is 0. The highest BCUT2D eigenvalue weighted by Crippen LogP contribution is 2.66. The average Bonchev–Trinajstić information content (AvgIpc) is 4.25. The monoisotopic (exact) mass is 975 g/mol. The van der Waals surface area contributed by atoms with Crippen LogP contribution in [0.3, 0.4) is 0 Å². The fourth-order valence-corrected chi connectivity index (χ4v) is 12.8. The van der Waals surface area contributed by atoms with Crippen LogP contribution in [0.2, 0.25) is 0 Å². The number of hydrogen-bond acceptors (Lipinski definition) is 8. The van der Waals surface area contributed by atoms with Crippen molar-refractivity contribution in [3.8, 4) is 28.5 Å². The maximum absolute atomic E-state index is 6.60. The molecule has 0 saturated heterocycles. The van der Waals surface area contributed by atoms with E-state index in [1.54, 1.807) is 6.08 Å². The lowest BCUT2D eigenvalue weighted by molar-refractivity contribution is 0.603. The van der Waals surface area contributed by atoms with Crippen LogP contribution in [0.15, 0.2) is 235 Å². The van der Waals surface area contributed by atoms with Crippen LogP contribution in [0, 0.1) is 0 Å². The number of fused-ring (bicyclic) bond motifs is 8. The van der Waals surface area contributed by atoms with Gasteiger partial charge in [-0.3, -0.25) is 18.9 Å². The van der Waals surface area contributed by atoms with E-state index in [4.69, 9.17) is 30.4 Å². The van der Waals surface area contributed by atoms with Gasteiger partial charge in [0.15, 0.2) is 11.6 Å². The van der Waals surface area contributed by atoms with Crippen molar-refractivity contribution in [1.82, 2.24) is 24.5 Å². The number of rotatable bonds is 11. The summed E-state index contributed by atoms with van der Waals surface area (Å²) in [5.41, 5.74) is 13.1. The SMILES string of the molecule is C=C/C=C\C=C(/C)c1nc(-c2ccccc2)nc(-n2c3ccncc3c3cc(-c4ccc5c(c4)N(C(=C)c4c(/C=C\C)oc6ccccc46)P(c4ccccc4)N5c4cccc5oc6ccccc6c45)ccc32)n1. The average molecular weight is 976 g/mol. The maximum atomic E-state index is 6.60. The number of nitrogens with zero attached hydrogens (tertiary/aromatic N) is 7. The van der Waals surface area contributed by atoms with Gasteiger partial charge in [-0.1, -0.05) is 159 Å². The van der Waals surface area contributed by atoms with Crippen molar-refractivity contribution in [2.75, 3.05) is 9.34 Å². The third-order valence-electron chi connectivity index (χ3n) is 13.6. The Morgan fingerprint density at radius 1 is 0.608 bits per heavy atom. The van der Waals surface area contributed by atoms with Gasteiger partial charge in [0.2, 0.25) is 5.95 Å². The fraction of sp³-hybridized carbons (Fsp3) is 0.0312. The van der Waals surface area contributed by atoms with E-state index >= 15 is 0 Å². The standard InChI is InChI=1S/C64H46N7O2P/c1-5-7-10-21-41(3)62-66-63(43-22-11-8-12-23-43)68-64(67-62)69-51-34-32-44(38-49(51)50-40-65-37-36-52(50)69)45-33-35-53-55(39-45)70(42(4)60-47-26-15-17-29-56(47)72-58(60)20-6-2)74(46-24-13-9-14-25-46)71(53)54-28-19-31-59-61(54)48-27-16-18-30-57(48)73-59/h5-40H,1,4H2,2-3H3/b10-7-,20-6-,41-21+. The third kappa shape index (κ3) is 7.36. The first kappa shape index (κ1) is 44.5. The molecule has 1 unspecified atom stereocenters. The number of anilines is 3. The quantitative estimate of drug-likeness (QED) is 0.0935. The third-order valence-corrected chi connectivity index (χ3v) is 16.0. The van der Waals surface area contributed by atoms with Crippen LogP contribution in [0.4, 0.5) is 17.1 Å². The van der Waals surface area contributed by atoms with E-state index in [0.29, 0.717) is 17.6 Å². The summed E-state index contributed by atoms with van der Waals surface area (Å²) < 4.78 is 20.2. The van der Waals surface area contributed by atoms with Crippen molar-refractivity contribution in [2.45, 2.75) is 13.8 Å². The fourth-order valence-electron chi connectivity index (χ4n) is 10.3. The molecule has 0 spiro atoms. The molecule has 0 amide bonds. The predicted octanol–water partition coefficient (Wildman–Crippen LogP) is 16.8. The molecule has 7 aromatic carbocycles. The molecule has 10 heteroatoms. The molecule has 1 aliphatic heterocycles. The molecule has 74 heavy (non-hydrogen) atoms. The van der Waals surface area contributed by atoms with E-state index in [-0.39, 0.29) is 0 Å².